The average molecular weight is 248 g/mol. The molecule has 1 unspecified atom stereocenters. The molecule has 102 valence electrons. The molecule has 18 heavy (non-hydrogen) atoms. The standard InChI is InChI=1S/C16H28N2/c1-5-10-17-16(9-11-18(3)4)13-15-8-6-7-14(2)12-15/h6-8,12,16-17H,5,9-11,13H2,1-4H3. The average Bonchev–Trinajstić information content (AvgIpc) is 2.32. The first-order chi connectivity index (χ1) is 8.61. The van der Waals surface area contributed by atoms with Gasteiger partial charge in [-0.3, -0.25) is 0 Å². The lowest BCUT2D eigenvalue weighted by molar-refractivity contribution is 0.356. The number of benzene rings is 1. The minimum atomic E-state index is 0.592. The Hall–Kier alpha value is -0.860. The zero-order chi connectivity index (χ0) is 13.4. The largest absolute Gasteiger partial charge is 0.314 e. The van der Waals surface area contributed by atoms with Gasteiger partial charge in [-0.15, -0.1) is 0 Å². The Morgan fingerprint density at radius 1 is 1.28 bits per heavy atom. The van der Waals surface area contributed by atoms with Crippen LogP contribution < -0.4 is 5.32 Å². The van der Waals surface area contributed by atoms with Crippen molar-refractivity contribution in [1.82, 2.24) is 10.2 Å². The Morgan fingerprint density at radius 3 is 2.67 bits per heavy atom. The van der Waals surface area contributed by atoms with Gasteiger partial charge in [0.1, 0.15) is 0 Å². The van der Waals surface area contributed by atoms with E-state index in [0.717, 1.165) is 19.5 Å². The SMILES string of the molecule is CCCNC(CCN(C)C)Cc1cccc(C)c1. The Morgan fingerprint density at radius 2 is 2.06 bits per heavy atom. The molecule has 0 aromatic heterocycles. The van der Waals surface area contributed by atoms with Crippen LogP contribution in [0.1, 0.15) is 30.9 Å². The number of aryl methyl sites for hydroxylation is 1. The molecular formula is C16H28N2. The number of rotatable bonds is 8. The maximum Gasteiger partial charge on any atom is 0.0120 e. The third-order valence-electron chi connectivity index (χ3n) is 3.17. The van der Waals surface area contributed by atoms with Crippen LogP contribution in [0.25, 0.3) is 0 Å². The molecule has 0 aliphatic rings. The Kier molecular flexibility index (Phi) is 6.99. The zero-order valence-corrected chi connectivity index (χ0v) is 12.4. The van der Waals surface area contributed by atoms with E-state index in [1.165, 1.54) is 24.0 Å². The lowest BCUT2D eigenvalue weighted by Crippen LogP contribution is -2.34. The highest BCUT2D eigenvalue weighted by Gasteiger charge is 2.09. The lowest BCUT2D eigenvalue weighted by Gasteiger charge is -2.21. The van der Waals surface area contributed by atoms with Crippen LogP contribution in [0.15, 0.2) is 24.3 Å². The number of hydrogen-bond donors (Lipinski definition) is 1. The van der Waals surface area contributed by atoms with Crippen LogP contribution in [0.5, 0.6) is 0 Å². The van der Waals surface area contributed by atoms with Crippen LogP contribution in [0.4, 0.5) is 0 Å². The molecule has 0 bridgehead atoms. The van der Waals surface area contributed by atoms with Gasteiger partial charge in [0.25, 0.3) is 0 Å². The van der Waals surface area contributed by atoms with Gasteiger partial charge in [-0.2, -0.15) is 0 Å². The maximum atomic E-state index is 3.67. The second kappa shape index (κ2) is 8.28. The first kappa shape index (κ1) is 15.2. The molecule has 2 heteroatoms. The fourth-order valence-corrected chi connectivity index (χ4v) is 2.16. The highest BCUT2D eigenvalue weighted by Crippen LogP contribution is 2.09. The first-order valence-electron chi connectivity index (χ1n) is 7.05. The van der Waals surface area contributed by atoms with Crippen LogP contribution in [0, 0.1) is 6.92 Å². The molecular weight excluding hydrogens is 220 g/mol. The molecule has 1 aromatic rings. The van der Waals surface area contributed by atoms with Crippen molar-refractivity contribution in [2.45, 2.75) is 39.2 Å². The molecule has 0 spiro atoms. The van der Waals surface area contributed by atoms with Gasteiger partial charge >= 0.3 is 0 Å². The summed E-state index contributed by atoms with van der Waals surface area (Å²) in [5, 5.41) is 3.67. The van der Waals surface area contributed by atoms with Crippen molar-refractivity contribution in [3.63, 3.8) is 0 Å². The molecule has 2 nitrogen and oxygen atoms in total. The van der Waals surface area contributed by atoms with Crippen LogP contribution in [0.3, 0.4) is 0 Å². The van der Waals surface area contributed by atoms with E-state index in [2.05, 4.69) is 62.4 Å². The number of hydrogen-bond acceptors (Lipinski definition) is 2. The van der Waals surface area contributed by atoms with E-state index in [1.807, 2.05) is 0 Å². The van der Waals surface area contributed by atoms with E-state index in [9.17, 15) is 0 Å². The molecule has 1 N–H and O–H groups in total. The molecule has 1 rings (SSSR count). The van der Waals surface area contributed by atoms with E-state index in [0.29, 0.717) is 6.04 Å². The monoisotopic (exact) mass is 248 g/mol. The topological polar surface area (TPSA) is 15.3 Å². The van der Waals surface area contributed by atoms with E-state index >= 15 is 0 Å². The maximum absolute atomic E-state index is 3.67. The van der Waals surface area contributed by atoms with Crippen molar-refractivity contribution in [2.75, 3.05) is 27.2 Å². The van der Waals surface area contributed by atoms with Crippen LogP contribution in [-0.4, -0.2) is 38.1 Å². The molecule has 0 amide bonds. The van der Waals surface area contributed by atoms with Gasteiger partial charge in [-0.1, -0.05) is 36.8 Å². The second-order valence-corrected chi connectivity index (χ2v) is 5.44. The number of nitrogens with one attached hydrogen (secondary N) is 1. The summed E-state index contributed by atoms with van der Waals surface area (Å²) in [7, 11) is 4.28. The minimum absolute atomic E-state index is 0.592. The Balaban J connectivity index is 2.53. The highest BCUT2D eigenvalue weighted by molar-refractivity contribution is 5.23. The van der Waals surface area contributed by atoms with Gasteiger partial charge < -0.3 is 10.2 Å². The summed E-state index contributed by atoms with van der Waals surface area (Å²) < 4.78 is 0. The molecule has 0 heterocycles. The summed E-state index contributed by atoms with van der Waals surface area (Å²) in [4.78, 5) is 2.26. The minimum Gasteiger partial charge on any atom is -0.314 e. The first-order valence-corrected chi connectivity index (χ1v) is 7.05. The van der Waals surface area contributed by atoms with E-state index in [-0.39, 0.29) is 0 Å². The number of nitrogens with zero attached hydrogens (tertiary/aromatic N) is 1. The normalized spacial score (nSPS) is 12.9. The molecule has 0 aliphatic carbocycles. The Bertz CT molecular complexity index is 334. The van der Waals surface area contributed by atoms with Gasteiger partial charge in [0, 0.05) is 6.04 Å². The molecule has 0 saturated heterocycles. The lowest BCUT2D eigenvalue weighted by atomic mass is 10.0. The van der Waals surface area contributed by atoms with E-state index in [4.69, 9.17) is 0 Å². The summed E-state index contributed by atoms with van der Waals surface area (Å²) in [6.07, 6.45) is 3.54. The third-order valence-corrected chi connectivity index (χ3v) is 3.17. The molecule has 0 radical (unpaired) electrons. The summed E-state index contributed by atoms with van der Waals surface area (Å²) in [6, 6.07) is 9.46. The van der Waals surface area contributed by atoms with Crippen molar-refractivity contribution >= 4 is 0 Å². The zero-order valence-electron chi connectivity index (χ0n) is 12.4. The van der Waals surface area contributed by atoms with Gasteiger partial charge in [0.15, 0.2) is 0 Å². The van der Waals surface area contributed by atoms with Crippen molar-refractivity contribution in [2.24, 2.45) is 0 Å². The smallest absolute Gasteiger partial charge is 0.0120 e. The predicted molar refractivity (Wildman–Crippen MR) is 80.1 cm³/mol. The summed E-state index contributed by atoms with van der Waals surface area (Å²) >= 11 is 0. The van der Waals surface area contributed by atoms with Crippen LogP contribution in [0.2, 0.25) is 0 Å². The molecule has 0 aliphatic heterocycles. The van der Waals surface area contributed by atoms with Gasteiger partial charge in [-0.25, -0.2) is 0 Å². The van der Waals surface area contributed by atoms with Crippen molar-refractivity contribution in [3.05, 3.63) is 35.4 Å². The predicted octanol–water partition coefficient (Wildman–Crippen LogP) is 2.86. The molecule has 1 atom stereocenters. The van der Waals surface area contributed by atoms with Crippen molar-refractivity contribution in [3.8, 4) is 0 Å². The van der Waals surface area contributed by atoms with Crippen molar-refractivity contribution in [1.29, 1.82) is 0 Å². The van der Waals surface area contributed by atoms with E-state index < -0.39 is 0 Å². The van der Waals surface area contributed by atoms with Gasteiger partial charge in [0.05, 0.1) is 0 Å². The summed E-state index contributed by atoms with van der Waals surface area (Å²) in [5.41, 5.74) is 2.80. The van der Waals surface area contributed by atoms with Crippen LogP contribution >= 0.6 is 0 Å². The summed E-state index contributed by atoms with van der Waals surface area (Å²) in [6.45, 7) is 6.65. The molecule has 1 aromatic carbocycles. The Labute approximate surface area is 112 Å². The van der Waals surface area contributed by atoms with Crippen molar-refractivity contribution < 1.29 is 0 Å². The molecule has 0 fully saturated rings. The van der Waals surface area contributed by atoms with Crippen LogP contribution in [-0.2, 0) is 6.42 Å². The quantitative estimate of drug-likeness (QED) is 0.761. The second-order valence-electron chi connectivity index (χ2n) is 5.44. The highest BCUT2D eigenvalue weighted by atomic mass is 15.1. The fourth-order valence-electron chi connectivity index (χ4n) is 2.16. The fraction of sp³-hybridized carbons (Fsp3) is 0.625. The molecule has 0 saturated carbocycles. The van der Waals surface area contributed by atoms with Gasteiger partial charge in [-0.05, 0) is 58.9 Å². The third kappa shape index (κ3) is 6.18. The van der Waals surface area contributed by atoms with Gasteiger partial charge in [0.2, 0.25) is 0 Å². The summed E-state index contributed by atoms with van der Waals surface area (Å²) in [5.74, 6) is 0. The van der Waals surface area contributed by atoms with E-state index in [1.54, 1.807) is 0 Å².